The molecule has 2 aromatic heterocycles. The van der Waals surface area contributed by atoms with Crippen LogP contribution in [0.15, 0.2) is 44.9 Å². The lowest BCUT2D eigenvalue weighted by atomic mass is 10.2. The molecule has 0 radical (unpaired) electrons. The van der Waals surface area contributed by atoms with Gasteiger partial charge in [-0.2, -0.15) is 0 Å². The number of aryl methyl sites for hydroxylation is 1. The van der Waals surface area contributed by atoms with Gasteiger partial charge in [0.05, 0.1) is 0 Å². The average molecular weight is 380 g/mol. The molecule has 0 aliphatic heterocycles. The first kappa shape index (κ1) is 16.7. The van der Waals surface area contributed by atoms with Crippen molar-refractivity contribution in [1.82, 2.24) is 19.5 Å². The fraction of sp³-hybridized carbons (Fsp3) is 0.400. The van der Waals surface area contributed by atoms with Crippen LogP contribution >= 0.6 is 11.8 Å². The predicted molar refractivity (Wildman–Crippen MR) is 106 cm³/mol. The Morgan fingerprint density at radius 1 is 1.07 bits per heavy atom. The second kappa shape index (κ2) is 6.64. The zero-order chi connectivity index (χ0) is 18.4. The molecule has 0 spiro atoms. The fourth-order valence-electron chi connectivity index (χ4n) is 3.34. The molecular weight excluding hydrogens is 360 g/mol. The second-order valence-electron chi connectivity index (χ2n) is 7.30. The third kappa shape index (κ3) is 3.32. The molecule has 7 heteroatoms. The fourth-order valence-corrected chi connectivity index (χ4v) is 4.36. The Morgan fingerprint density at radius 2 is 1.85 bits per heavy atom. The molecule has 6 nitrogen and oxygen atoms in total. The van der Waals surface area contributed by atoms with Gasteiger partial charge in [-0.3, -0.25) is 14.3 Å². The Labute approximate surface area is 160 Å². The number of aromatic nitrogens is 4. The molecule has 1 aromatic carbocycles. The van der Waals surface area contributed by atoms with Crippen LogP contribution < -0.4 is 11.2 Å². The van der Waals surface area contributed by atoms with Gasteiger partial charge in [-0.25, -0.2) is 14.8 Å². The van der Waals surface area contributed by atoms with Crippen molar-refractivity contribution >= 4 is 22.8 Å². The lowest BCUT2D eigenvalue weighted by Crippen LogP contribution is -2.31. The number of thioether (sulfide) groups is 1. The molecule has 0 unspecified atom stereocenters. The van der Waals surface area contributed by atoms with Crippen molar-refractivity contribution in [3.8, 4) is 0 Å². The molecule has 2 saturated carbocycles. The minimum Gasteiger partial charge on any atom is -0.274 e. The molecule has 5 rings (SSSR count). The number of fused-ring (bicyclic) bond motifs is 1. The minimum absolute atomic E-state index is 0.154. The normalized spacial score (nSPS) is 16.7. The van der Waals surface area contributed by atoms with Crippen molar-refractivity contribution in [2.24, 2.45) is 0 Å². The maximum atomic E-state index is 12.6. The molecule has 138 valence electrons. The summed E-state index contributed by atoms with van der Waals surface area (Å²) in [7, 11) is 0. The molecule has 27 heavy (non-hydrogen) atoms. The molecule has 3 aromatic rings. The predicted octanol–water partition coefficient (Wildman–Crippen LogP) is 3.03. The summed E-state index contributed by atoms with van der Waals surface area (Å²) in [6.07, 6.45) is 4.98. The van der Waals surface area contributed by atoms with Gasteiger partial charge < -0.3 is 0 Å². The molecule has 2 heterocycles. The van der Waals surface area contributed by atoms with Gasteiger partial charge in [-0.15, -0.1) is 11.8 Å². The number of hydrogen-bond donors (Lipinski definition) is 1. The third-order valence-corrected chi connectivity index (χ3v) is 6.07. The molecule has 2 aliphatic carbocycles. The van der Waals surface area contributed by atoms with E-state index >= 15 is 0 Å². The van der Waals surface area contributed by atoms with Crippen LogP contribution in [0.2, 0.25) is 0 Å². The van der Waals surface area contributed by atoms with Crippen LogP contribution in [-0.2, 0) is 6.42 Å². The third-order valence-electron chi connectivity index (χ3n) is 5.10. The topological polar surface area (TPSA) is 80.6 Å². The van der Waals surface area contributed by atoms with Crippen LogP contribution in [0, 0.1) is 0 Å². The Hall–Kier alpha value is -2.41. The van der Waals surface area contributed by atoms with Crippen LogP contribution in [-0.4, -0.2) is 25.3 Å². The Morgan fingerprint density at radius 3 is 2.56 bits per heavy atom. The van der Waals surface area contributed by atoms with Crippen molar-refractivity contribution in [2.45, 2.75) is 49.1 Å². The zero-order valence-electron chi connectivity index (χ0n) is 14.9. The summed E-state index contributed by atoms with van der Waals surface area (Å²) in [5.41, 5.74) is 1.05. The Bertz CT molecular complexity index is 1110. The highest BCUT2D eigenvalue weighted by molar-refractivity contribution is 7.99. The molecule has 2 fully saturated rings. The van der Waals surface area contributed by atoms with Crippen LogP contribution in [0.25, 0.3) is 11.0 Å². The van der Waals surface area contributed by atoms with E-state index in [2.05, 4.69) is 22.1 Å². The lowest BCUT2D eigenvalue weighted by Gasteiger charge is -2.12. The summed E-state index contributed by atoms with van der Waals surface area (Å²) in [6.45, 7) is 0. The molecular formula is C20H20N4O2S. The highest BCUT2D eigenvalue weighted by Crippen LogP contribution is 2.40. The van der Waals surface area contributed by atoms with Crippen LogP contribution in [0.1, 0.15) is 49.0 Å². The number of nitrogens with zero attached hydrogens (tertiary/aromatic N) is 3. The molecule has 2 aliphatic rings. The summed E-state index contributed by atoms with van der Waals surface area (Å²) < 4.78 is 1.67. The number of hydrogen-bond acceptors (Lipinski definition) is 5. The number of rotatable bonds is 6. The number of benzene rings is 1. The van der Waals surface area contributed by atoms with Crippen molar-refractivity contribution in [3.05, 3.63) is 62.6 Å². The number of H-pyrrole nitrogens is 1. The summed E-state index contributed by atoms with van der Waals surface area (Å²) in [6, 6.07) is 10.4. The standard InChI is InChI=1S/C20H20N4O2S/c25-18-15-17(24(14-8-9-14)20(26)23-18)21-16(13-6-7-13)22-19(15)27-11-10-12-4-2-1-3-5-12/h1-5,13-14H,6-11H2,(H,23,25,26). The summed E-state index contributed by atoms with van der Waals surface area (Å²) in [4.78, 5) is 36.8. The quantitative estimate of drug-likeness (QED) is 0.525. The minimum atomic E-state index is -0.378. The van der Waals surface area contributed by atoms with Crippen molar-refractivity contribution in [1.29, 1.82) is 0 Å². The van der Waals surface area contributed by atoms with E-state index in [9.17, 15) is 9.59 Å². The van der Waals surface area contributed by atoms with Gasteiger partial charge >= 0.3 is 5.69 Å². The van der Waals surface area contributed by atoms with E-state index in [4.69, 9.17) is 4.98 Å². The van der Waals surface area contributed by atoms with Gasteiger partial charge in [0.25, 0.3) is 5.56 Å². The van der Waals surface area contributed by atoms with E-state index in [1.165, 1.54) is 5.56 Å². The molecule has 1 N–H and O–H groups in total. The van der Waals surface area contributed by atoms with Gasteiger partial charge in [0.15, 0.2) is 5.65 Å². The summed E-state index contributed by atoms with van der Waals surface area (Å²) >= 11 is 1.58. The van der Waals surface area contributed by atoms with Gasteiger partial charge in [0.1, 0.15) is 16.2 Å². The number of aromatic amines is 1. The smallest absolute Gasteiger partial charge is 0.274 e. The molecule has 0 bridgehead atoms. The average Bonchev–Trinajstić information content (AvgIpc) is 3.55. The van der Waals surface area contributed by atoms with Crippen molar-refractivity contribution < 1.29 is 0 Å². The first-order chi connectivity index (χ1) is 13.2. The zero-order valence-corrected chi connectivity index (χ0v) is 15.7. The second-order valence-corrected chi connectivity index (χ2v) is 8.39. The first-order valence-corrected chi connectivity index (χ1v) is 10.4. The monoisotopic (exact) mass is 380 g/mol. The van der Waals surface area contributed by atoms with E-state index in [0.29, 0.717) is 22.0 Å². The molecule has 0 amide bonds. The van der Waals surface area contributed by atoms with E-state index in [1.807, 2.05) is 18.2 Å². The number of nitrogens with one attached hydrogen (secondary N) is 1. The van der Waals surface area contributed by atoms with Crippen molar-refractivity contribution in [2.75, 3.05) is 5.75 Å². The lowest BCUT2D eigenvalue weighted by molar-refractivity contribution is 0.691. The molecule has 0 atom stereocenters. The largest absolute Gasteiger partial charge is 0.330 e. The highest BCUT2D eigenvalue weighted by atomic mass is 32.2. The highest BCUT2D eigenvalue weighted by Gasteiger charge is 2.32. The maximum absolute atomic E-state index is 12.6. The van der Waals surface area contributed by atoms with Gasteiger partial charge in [0.2, 0.25) is 0 Å². The Balaban J connectivity index is 1.56. The summed E-state index contributed by atoms with van der Waals surface area (Å²) in [5, 5.41) is 1.16. The van der Waals surface area contributed by atoms with Crippen molar-refractivity contribution in [3.63, 3.8) is 0 Å². The van der Waals surface area contributed by atoms with Gasteiger partial charge in [-0.1, -0.05) is 30.3 Å². The Kier molecular flexibility index (Phi) is 4.11. The maximum Gasteiger partial charge on any atom is 0.330 e. The van der Waals surface area contributed by atoms with Crippen LogP contribution in [0.5, 0.6) is 0 Å². The van der Waals surface area contributed by atoms with E-state index in [0.717, 1.165) is 43.7 Å². The summed E-state index contributed by atoms with van der Waals surface area (Å²) in [5.74, 6) is 1.97. The van der Waals surface area contributed by atoms with Crippen LogP contribution in [0.3, 0.4) is 0 Å². The van der Waals surface area contributed by atoms with Crippen LogP contribution in [0.4, 0.5) is 0 Å². The van der Waals surface area contributed by atoms with Gasteiger partial charge in [0, 0.05) is 17.7 Å². The SMILES string of the molecule is O=c1[nH]c(=O)n(C2CC2)c2nc(C3CC3)nc(SCCc3ccccc3)c12. The van der Waals surface area contributed by atoms with E-state index in [-0.39, 0.29) is 17.3 Å². The van der Waals surface area contributed by atoms with Gasteiger partial charge in [-0.05, 0) is 37.7 Å². The molecule has 0 saturated heterocycles. The van der Waals surface area contributed by atoms with E-state index < -0.39 is 0 Å². The van der Waals surface area contributed by atoms with E-state index in [1.54, 1.807) is 16.3 Å². The first-order valence-electron chi connectivity index (χ1n) is 9.44.